The quantitative estimate of drug-likeness (QED) is 0.602. The number of methoxy groups -OCH3 is 1. The molecule has 0 aliphatic heterocycles. The Hall–Kier alpha value is -3.07. The van der Waals surface area contributed by atoms with E-state index in [1.165, 1.54) is 4.90 Å². The molecule has 0 aliphatic rings. The number of hydrogen-bond acceptors (Lipinski definition) is 5. The summed E-state index contributed by atoms with van der Waals surface area (Å²) in [6.07, 6.45) is 1.05. The van der Waals surface area contributed by atoms with Crippen molar-refractivity contribution in [3.8, 4) is 5.75 Å². The Bertz CT molecular complexity index is 1050. The van der Waals surface area contributed by atoms with E-state index in [0.29, 0.717) is 11.4 Å². The summed E-state index contributed by atoms with van der Waals surface area (Å²) in [5, 5.41) is 2.89. The number of rotatable bonds is 9. The number of hydrogen-bond donors (Lipinski definition) is 1. The van der Waals surface area contributed by atoms with Crippen LogP contribution in [-0.2, 0) is 26.2 Å². The van der Waals surface area contributed by atoms with E-state index >= 15 is 0 Å². The fourth-order valence-corrected chi connectivity index (χ4v) is 4.04. The summed E-state index contributed by atoms with van der Waals surface area (Å²) >= 11 is 0. The molecule has 8 nitrogen and oxygen atoms in total. The zero-order valence-corrected chi connectivity index (χ0v) is 20.8. The summed E-state index contributed by atoms with van der Waals surface area (Å²) in [6.45, 7) is 6.91. The number of nitrogens with zero attached hydrogens (tertiary/aromatic N) is 2. The average Bonchev–Trinajstić information content (AvgIpc) is 2.74. The largest absolute Gasteiger partial charge is 0.497 e. The summed E-state index contributed by atoms with van der Waals surface area (Å²) in [5.74, 6) is -0.144. The van der Waals surface area contributed by atoms with Crippen molar-refractivity contribution >= 4 is 27.5 Å². The predicted octanol–water partition coefficient (Wildman–Crippen LogP) is 2.79. The van der Waals surface area contributed by atoms with Gasteiger partial charge in [0.15, 0.2) is 0 Å². The Morgan fingerprint density at radius 2 is 1.61 bits per heavy atom. The standard InChI is InChI=1S/C24H33N3O5S/c1-18(23(29)25-24(2,3)4)26(16-19-12-14-21(32-5)15-13-19)22(28)17-27(33(6,30)31)20-10-8-7-9-11-20/h7-15,18H,16-17H2,1-6H3,(H,25,29)/t18-/m1/s1. The molecule has 0 spiro atoms. The van der Waals surface area contributed by atoms with E-state index in [0.717, 1.165) is 16.1 Å². The monoisotopic (exact) mass is 475 g/mol. The van der Waals surface area contributed by atoms with E-state index in [2.05, 4.69) is 5.32 Å². The molecule has 0 fully saturated rings. The van der Waals surface area contributed by atoms with Crippen LogP contribution in [-0.4, -0.2) is 56.6 Å². The van der Waals surface area contributed by atoms with Crippen LogP contribution in [0.3, 0.4) is 0 Å². The topological polar surface area (TPSA) is 96.0 Å². The lowest BCUT2D eigenvalue weighted by atomic mass is 10.1. The highest BCUT2D eigenvalue weighted by Crippen LogP contribution is 2.19. The molecule has 2 amide bonds. The second-order valence-electron chi connectivity index (χ2n) is 8.89. The average molecular weight is 476 g/mol. The third kappa shape index (κ3) is 7.78. The minimum absolute atomic E-state index is 0.133. The van der Waals surface area contributed by atoms with Crippen LogP contribution >= 0.6 is 0 Å². The highest BCUT2D eigenvalue weighted by atomic mass is 32.2. The molecule has 180 valence electrons. The molecule has 0 saturated carbocycles. The maximum absolute atomic E-state index is 13.4. The highest BCUT2D eigenvalue weighted by Gasteiger charge is 2.31. The summed E-state index contributed by atoms with van der Waals surface area (Å²) in [7, 11) is -2.17. The molecule has 0 heterocycles. The first kappa shape index (κ1) is 26.2. The number of para-hydroxylation sites is 1. The number of benzene rings is 2. The molecule has 0 bridgehead atoms. The maximum atomic E-state index is 13.4. The first-order valence-electron chi connectivity index (χ1n) is 10.6. The fraction of sp³-hybridized carbons (Fsp3) is 0.417. The van der Waals surface area contributed by atoms with E-state index in [-0.39, 0.29) is 12.5 Å². The molecule has 0 aliphatic carbocycles. The minimum atomic E-state index is -3.73. The summed E-state index contributed by atoms with van der Waals surface area (Å²) in [6, 6.07) is 14.7. The molecule has 33 heavy (non-hydrogen) atoms. The number of sulfonamides is 1. The smallest absolute Gasteiger partial charge is 0.244 e. The van der Waals surface area contributed by atoms with Gasteiger partial charge in [0.2, 0.25) is 21.8 Å². The Labute approximate surface area is 196 Å². The van der Waals surface area contributed by atoms with Gasteiger partial charge in [0.25, 0.3) is 0 Å². The van der Waals surface area contributed by atoms with E-state index in [1.807, 2.05) is 20.8 Å². The number of anilines is 1. The number of nitrogens with one attached hydrogen (secondary N) is 1. The first-order valence-corrected chi connectivity index (χ1v) is 12.4. The molecule has 0 radical (unpaired) electrons. The number of ether oxygens (including phenoxy) is 1. The summed E-state index contributed by atoms with van der Waals surface area (Å²) in [5.41, 5.74) is 0.679. The lowest BCUT2D eigenvalue weighted by Crippen LogP contribution is -2.54. The van der Waals surface area contributed by atoms with Crippen LogP contribution in [0.5, 0.6) is 5.75 Å². The van der Waals surface area contributed by atoms with Gasteiger partial charge in [-0.05, 0) is 57.5 Å². The van der Waals surface area contributed by atoms with Crippen LogP contribution in [0.25, 0.3) is 0 Å². The molecule has 0 aromatic heterocycles. The Morgan fingerprint density at radius 1 is 1.03 bits per heavy atom. The van der Waals surface area contributed by atoms with Gasteiger partial charge in [-0.2, -0.15) is 0 Å². The molecule has 0 unspecified atom stereocenters. The molecule has 1 atom stereocenters. The molecular weight excluding hydrogens is 442 g/mol. The molecule has 9 heteroatoms. The Kier molecular flexibility index (Phi) is 8.49. The van der Waals surface area contributed by atoms with Crippen LogP contribution in [0, 0.1) is 0 Å². The zero-order valence-electron chi connectivity index (χ0n) is 20.0. The van der Waals surface area contributed by atoms with Crippen molar-refractivity contribution in [1.29, 1.82) is 0 Å². The van der Waals surface area contributed by atoms with Gasteiger partial charge in [0.1, 0.15) is 18.3 Å². The number of carbonyl (C=O) groups is 2. The Balaban J connectivity index is 2.37. The van der Waals surface area contributed by atoms with Gasteiger partial charge in [-0.25, -0.2) is 8.42 Å². The van der Waals surface area contributed by atoms with E-state index in [1.54, 1.807) is 68.6 Å². The first-order chi connectivity index (χ1) is 15.3. The summed E-state index contributed by atoms with van der Waals surface area (Å²) < 4.78 is 31.2. The van der Waals surface area contributed by atoms with Crippen LogP contribution in [0.15, 0.2) is 54.6 Å². The molecular formula is C24H33N3O5S. The van der Waals surface area contributed by atoms with E-state index in [9.17, 15) is 18.0 Å². The van der Waals surface area contributed by atoms with Crippen molar-refractivity contribution < 1.29 is 22.7 Å². The fourth-order valence-electron chi connectivity index (χ4n) is 3.19. The lowest BCUT2D eigenvalue weighted by Gasteiger charge is -2.33. The van der Waals surface area contributed by atoms with E-state index < -0.39 is 34.1 Å². The molecule has 0 saturated heterocycles. The third-order valence-electron chi connectivity index (χ3n) is 4.90. The van der Waals surface area contributed by atoms with Gasteiger partial charge in [0, 0.05) is 12.1 Å². The van der Waals surface area contributed by atoms with Crippen molar-refractivity contribution in [2.45, 2.75) is 45.8 Å². The molecule has 2 aromatic rings. The second kappa shape index (κ2) is 10.7. The van der Waals surface area contributed by atoms with Gasteiger partial charge in [0.05, 0.1) is 19.1 Å². The number of amides is 2. The van der Waals surface area contributed by atoms with Crippen molar-refractivity contribution in [1.82, 2.24) is 10.2 Å². The van der Waals surface area contributed by atoms with E-state index in [4.69, 9.17) is 4.74 Å². The van der Waals surface area contributed by atoms with Gasteiger partial charge in [-0.1, -0.05) is 30.3 Å². The van der Waals surface area contributed by atoms with Crippen molar-refractivity contribution in [3.05, 3.63) is 60.2 Å². The van der Waals surface area contributed by atoms with Gasteiger partial charge in [-0.3, -0.25) is 13.9 Å². The Morgan fingerprint density at radius 3 is 2.09 bits per heavy atom. The van der Waals surface area contributed by atoms with Gasteiger partial charge >= 0.3 is 0 Å². The normalized spacial score (nSPS) is 12.5. The minimum Gasteiger partial charge on any atom is -0.497 e. The van der Waals surface area contributed by atoms with Crippen molar-refractivity contribution in [3.63, 3.8) is 0 Å². The van der Waals surface area contributed by atoms with Gasteiger partial charge < -0.3 is 15.0 Å². The molecule has 1 N–H and O–H groups in total. The van der Waals surface area contributed by atoms with Crippen LogP contribution < -0.4 is 14.4 Å². The SMILES string of the molecule is COc1ccc(CN(C(=O)CN(c2ccccc2)S(C)(=O)=O)[C@H](C)C(=O)NC(C)(C)C)cc1. The van der Waals surface area contributed by atoms with Crippen LogP contribution in [0.1, 0.15) is 33.3 Å². The molecule has 2 rings (SSSR count). The number of carbonyl (C=O) groups excluding carboxylic acids is 2. The lowest BCUT2D eigenvalue weighted by molar-refractivity contribution is -0.140. The highest BCUT2D eigenvalue weighted by molar-refractivity contribution is 7.92. The molecule has 2 aromatic carbocycles. The predicted molar refractivity (Wildman–Crippen MR) is 130 cm³/mol. The zero-order chi connectivity index (χ0) is 24.8. The summed E-state index contributed by atoms with van der Waals surface area (Å²) in [4.78, 5) is 27.7. The van der Waals surface area contributed by atoms with Gasteiger partial charge in [-0.15, -0.1) is 0 Å². The third-order valence-corrected chi connectivity index (χ3v) is 6.04. The van der Waals surface area contributed by atoms with Crippen LogP contribution in [0.2, 0.25) is 0 Å². The van der Waals surface area contributed by atoms with Crippen molar-refractivity contribution in [2.75, 3.05) is 24.2 Å². The second-order valence-corrected chi connectivity index (χ2v) is 10.8. The van der Waals surface area contributed by atoms with Crippen LogP contribution in [0.4, 0.5) is 5.69 Å². The van der Waals surface area contributed by atoms with Crippen molar-refractivity contribution in [2.24, 2.45) is 0 Å². The maximum Gasteiger partial charge on any atom is 0.244 e.